The van der Waals surface area contributed by atoms with Crippen LogP contribution in [0.25, 0.3) is 5.65 Å². The second kappa shape index (κ2) is 3.48. The van der Waals surface area contributed by atoms with Gasteiger partial charge in [0.2, 0.25) is 0 Å². The van der Waals surface area contributed by atoms with Gasteiger partial charge in [-0.2, -0.15) is 0 Å². The molecule has 0 bridgehead atoms. The number of rotatable bonds is 1. The first-order valence-electron chi connectivity index (χ1n) is 5.61. The molecule has 2 aromatic rings. The van der Waals surface area contributed by atoms with E-state index in [1.54, 1.807) is 0 Å². The van der Waals surface area contributed by atoms with Crippen LogP contribution in [0.4, 0.5) is 5.82 Å². The van der Waals surface area contributed by atoms with Gasteiger partial charge in [0.25, 0.3) is 0 Å². The van der Waals surface area contributed by atoms with Crippen LogP contribution in [-0.4, -0.2) is 9.38 Å². The average Bonchev–Trinajstić information content (AvgIpc) is 2.49. The van der Waals surface area contributed by atoms with Gasteiger partial charge < -0.3 is 5.73 Å². The highest BCUT2D eigenvalue weighted by Gasteiger charge is 2.25. The smallest absolute Gasteiger partial charge is 0.138 e. The van der Waals surface area contributed by atoms with Crippen LogP contribution in [0.5, 0.6) is 0 Å². The summed E-state index contributed by atoms with van der Waals surface area (Å²) in [6, 6.07) is 4.04. The Morgan fingerprint density at radius 3 is 2.81 bits per heavy atom. The number of aromatic nitrogens is 2. The molecule has 2 heterocycles. The van der Waals surface area contributed by atoms with Crippen molar-refractivity contribution in [3.8, 4) is 0 Å². The predicted molar refractivity (Wildman–Crippen MR) is 68.6 cm³/mol. The third kappa shape index (κ3) is 1.29. The van der Waals surface area contributed by atoms with Crippen LogP contribution in [0.15, 0.2) is 16.6 Å². The van der Waals surface area contributed by atoms with Crippen LogP contribution >= 0.6 is 15.9 Å². The lowest BCUT2D eigenvalue weighted by Gasteiger charge is -2.23. The Hall–Kier alpha value is -1.03. The zero-order chi connectivity index (χ0) is 11.3. The van der Waals surface area contributed by atoms with Crippen LogP contribution in [0.1, 0.15) is 36.6 Å². The van der Waals surface area contributed by atoms with E-state index in [1.807, 2.05) is 16.5 Å². The highest BCUT2D eigenvalue weighted by molar-refractivity contribution is 9.10. The van der Waals surface area contributed by atoms with Gasteiger partial charge in [-0.15, -0.1) is 0 Å². The molecule has 0 saturated heterocycles. The minimum atomic E-state index is 0.582. The van der Waals surface area contributed by atoms with Gasteiger partial charge in [0, 0.05) is 16.1 Å². The molecule has 1 saturated carbocycles. The normalized spacial score (nSPS) is 16.6. The molecule has 0 unspecified atom stereocenters. The summed E-state index contributed by atoms with van der Waals surface area (Å²) in [6.07, 6.45) is 3.77. The third-order valence-electron chi connectivity index (χ3n) is 3.52. The first-order valence-corrected chi connectivity index (χ1v) is 6.40. The van der Waals surface area contributed by atoms with Gasteiger partial charge in [-0.1, -0.05) is 6.42 Å². The van der Waals surface area contributed by atoms with Crippen molar-refractivity contribution in [1.29, 1.82) is 0 Å². The van der Waals surface area contributed by atoms with Crippen molar-refractivity contribution in [2.24, 2.45) is 0 Å². The Morgan fingerprint density at radius 2 is 2.19 bits per heavy atom. The fourth-order valence-corrected chi connectivity index (χ4v) is 2.60. The molecular formula is C12H14BrN3. The van der Waals surface area contributed by atoms with E-state index in [4.69, 9.17) is 5.73 Å². The van der Waals surface area contributed by atoms with Crippen molar-refractivity contribution in [3.05, 3.63) is 28.0 Å². The number of halogens is 1. The van der Waals surface area contributed by atoms with Gasteiger partial charge in [0.1, 0.15) is 11.5 Å². The molecule has 3 rings (SSSR count). The standard InChI is InChI=1S/C12H14BrN3/c1-7-9(13)5-6-10-15-11(8-3-2-4-8)12(14)16(7)10/h5-6,8H,2-4,14H2,1H3. The highest BCUT2D eigenvalue weighted by Crippen LogP contribution is 2.39. The molecule has 0 aromatic carbocycles. The first kappa shape index (κ1) is 10.1. The second-order valence-corrected chi connectivity index (χ2v) is 5.32. The molecular weight excluding hydrogens is 266 g/mol. The molecule has 84 valence electrons. The Bertz CT molecular complexity index is 555. The van der Waals surface area contributed by atoms with E-state index in [1.165, 1.54) is 19.3 Å². The van der Waals surface area contributed by atoms with Gasteiger partial charge in [-0.25, -0.2) is 4.98 Å². The Balaban J connectivity index is 2.26. The summed E-state index contributed by atoms with van der Waals surface area (Å²) in [4.78, 5) is 4.65. The molecule has 2 aromatic heterocycles. The summed E-state index contributed by atoms with van der Waals surface area (Å²) in [7, 11) is 0. The van der Waals surface area contributed by atoms with E-state index in [2.05, 4.69) is 27.8 Å². The van der Waals surface area contributed by atoms with Crippen molar-refractivity contribution >= 4 is 27.4 Å². The fourth-order valence-electron chi connectivity index (χ4n) is 2.29. The predicted octanol–water partition coefficient (Wildman–Crippen LogP) is 3.25. The molecule has 0 amide bonds. The molecule has 0 atom stereocenters. The number of hydrogen-bond acceptors (Lipinski definition) is 2. The monoisotopic (exact) mass is 279 g/mol. The summed E-state index contributed by atoms with van der Waals surface area (Å²) in [5.74, 6) is 1.40. The molecule has 1 fully saturated rings. The van der Waals surface area contributed by atoms with Crippen LogP contribution in [-0.2, 0) is 0 Å². The lowest BCUT2D eigenvalue weighted by molar-refractivity contribution is 0.414. The summed E-state index contributed by atoms with van der Waals surface area (Å²) >= 11 is 3.52. The first-order chi connectivity index (χ1) is 7.68. The van der Waals surface area contributed by atoms with Crippen LogP contribution in [0.3, 0.4) is 0 Å². The molecule has 1 aliphatic carbocycles. The van der Waals surface area contributed by atoms with Crippen molar-refractivity contribution in [2.75, 3.05) is 5.73 Å². The van der Waals surface area contributed by atoms with Gasteiger partial charge in [0.15, 0.2) is 0 Å². The number of pyridine rings is 1. The number of aryl methyl sites for hydroxylation is 1. The highest BCUT2D eigenvalue weighted by atomic mass is 79.9. The van der Waals surface area contributed by atoms with Crippen molar-refractivity contribution in [1.82, 2.24) is 9.38 Å². The number of imidazole rings is 1. The SMILES string of the molecule is Cc1c(Br)ccc2nc(C3CCC3)c(N)n12. The third-order valence-corrected chi connectivity index (χ3v) is 4.36. The Kier molecular flexibility index (Phi) is 2.21. The zero-order valence-corrected chi connectivity index (χ0v) is 10.8. The number of fused-ring (bicyclic) bond motifs is 1. The van der Waals surface area contributed by atoms with Gasteiger partial charge in [-0.05, 0) is 47.8 Å². The quantitative estimate of drug-likeness (QED) is 0.871. The van der Waals surface area contributed by atoms with Crippen LogP contribution in [0.2, 0.25) is 0 Å². The lowest BCUT2D eigenvalue weighted by atomic mass is 9.83. The van der Waals surface area contributed by atoms with Crippen LogP contribution in [0, 0.1) is 6.92 Å². The molecule has 16 heavy (non-hydrogen) atoms. The Labute approximate surface area is 103 Å². The van der Waals surface area contributed by atoms with E-state index < -0.39 is 0 Å². The number of nitrogen functional groups attached to an aromatic ring is 1. The molecule has 1 aliphatic rings. The van der Waals surface area contributed by atoms with Crippen molar-refractivity contribution < 1.29 is 0 Å². The summed E-state index contributed by atoms with van der Waals surface area (Å²) in [5, 5.41) is 0. The summed E-state index contributed by atoms with van der Waals surface area (Å²) in [5.41, 5.74) is 9.37. The maximum Gasteiger partial charge on any atom is 0.138 e. The maximum absolute atomic E-state index is 6.20. The minimum absolute atomic E-state index is 0.582. The largest absolute Gasteiger partial charge is 0.383 e. The van der Waals surface area contributed by atoms with Crippen molar-refractivity contribution in [2.45, 2.75) is 32.1 Å². The fraction of sp³-hybridized carbons (Fsp3) is 0.417. The number of nitrogens with zero attached hydrogens (tertiary/aromatic N) is 2. The van der Waals surface area contributed by atoms with E-state index in [9.17, 15) is 0 Å². The molecule has 2 N–H and O–H groups in total. The number of nitrogens with two attached hydrogens (primary N) is 1. The molecule has 3 nitrogen and oxygen atoms in total. The van der Waals surface area contributed by atoms with E-state index in [0.717, 1.165) is 27.3 Å². The van der Waals surface area contributed by atoms with E-state index in [0.29, 0.717) is 5.92 Å². The van der Waals surface area contributed by atoms with Crippen LogP contribution < -0.4 is 5.73 Å². The lowest BCUT2D eigenvalue weighted by Crippen LogP contribution is -2.11. The Morgan fingerprint density at radius 1 is 1.44 bits per heavy atom. The minimum Gasteiger partial charge on any atom is -0.383 e. The maximum atomic E-state index is 6.20. The topological polar surface area (TPSA) is 43.3 Å². The number of hydrogen-bond donors (Lipinski definition) is 1. The molecule has 0 aliphatic heterocycles. The summed E-state index contributed by atoms with van der Waals surface area (Å²) in [6.45, 7) is 2.06. The number of anilines is 1. The molecule has 4 heteroatoms. The average molecular weight is 280 g/mol. The second-order valence-electron chi connectivity index (χ2n) is 4.47. The van der Waals surface area contributed by atoms with E-state index in [-0.39, 0.29) is 0 Å². The van der Waals surface area contributed by atoms with Crippen molar-refractivity contribution in [3.63, 3.8) is 0 Å². The summed E-state index contributed by atoms with van der Waals surface area (Å²) < 4.78 is 3.11. The van der Waals surface area contributed by atoms with Gasteiger partial charge >= 0.3 is 0 Å². The van der Waals surface area contributed by atoms with E-state index >= 15 is 0 Å². The zero-order valence-electron chi connectivity index (χ0n) is 9.20. The molecule has 0 spiro atoms. The van der Waals surface area contributed by atoms with Gasteiger partial charge in [-0.3, -0.25) is 4.40 Å². The van der Waals surface area contributed by atoms with Gasteiger partial charge in [0.05, 0.1) is 5.69 Å². The molecule has 0 radical (unpaired) electrons.